The van der Waals surface area contributed by atoms with Crippen molar-refractivity contribution >= 4 is 39.3 Å². The molecule has 0 aliphatic carbocycles. The summed E-state index contributed by atoms with van der Waals surface area (Å²) in [6, 6.07) is 5.67. The van der Waals surface area contributed by atoms with E-state index in [0.717, 1.165) is 48.0 Å². The van der Waals surface area contributed by atoms with E-state index in [1.165, 1.54) is 4.90 Å². The topological polar surface area (TPSA) is 69.7 Å². The fourth-order valence-corrected chi connectivity index (χ4v) is 6.13. The van der Waals surface area contributed by atoms with Gasteiger partial charge >= 0.3 is 0 Å². The van der Waals surface area contributed by atoms with Gasteiger partial charge in [-0.3, -0.25) is 24.2 Å². The monoisotopic (exact) mass is 431 g/mol. The van der Waals surface area contributed by atoms with Crippen molar-refractivity contribution in [1.82, 2.24) is 9.80 Å². The number of imide groups is 1. The molecule has 6 nitrogen and oxygen atoms in total. The number of carbonyl (C=O) groups excluding carboxylic acids is 3. The van der Waals surface area contributed by atoms with E-state index < -0.39 is 17.4 Å². The summed E-state index contributed by atoms with van der Waals surface area (Å²) in [5.74, 6) is -1.44. The van der Waals surface area contributed by atoms with E-state index in [4.69, 9.17) is 0 Å². The van der Waals surface area contributed by atoms with Gasteiger partial charge in [-0.25, -0.2) is 0 Å². The standard InChI is InChI=1S/C20H22BrN3O3/c1-2-3-8-23-17(25)15-14-5-4-9-24(14)20(16(15)18(23)26)12-10-11(21)6-7-13(12)22-19(20)27/h6-7,10,14-16H,2-5,8-9H2,1H3,(H,22,27). The third kappa shape index (κ3) is 2.02. The van der Waals surface area contributed by atoms with Gasteiger partial charge in [0.2, 0.25) is 17.7 Å². The average Bonchev–Trinajstić information content (AvgIpc) is 3.33. The van der Waals surface area contributed by atoms with E-state index in [2.05, 4.69) is 26.1 Å². The molecule has 3 fully saturated rings. The Bertz CT molecular complexity index is 872. The first kappa shape index (κ1) is 17.4. The van der Waals surface area contributed by atoms with E-state index in [9.17, 15) is 14.4 Å². The zero-order valence-corrected chi connectivity index (χ0v) is 16.8. The van der Waals surface area contributed by atoms with Crippen LogP contribution in [0.2, 0.25) is 0 Å². The number of nitrogens with one attached hydrogen (secondary N) is 1. The lowest BCUT2D eigenvalue weighted by Crippen LogP contribution is -2.54. The largest absolute Gasteiger partial charge is 0.324 e. The first-order valence-electron chi connectivity index (χ1n) is 9.75. The van der Waals surface area contributed by atoms with Crippen LogP contribution in [-0.2, 0) is 19.9 Å². The SMILES string of the molecule is CCCCN1C(=O)C2C3CCCN3C3(C(=O)Nc4ccc(Br)cc43)C2C1=O. The average molecular weight is 432 g/mol. The fraction of sp³-hybridized carbons (Fsp3) is 0.550. The molecule has 4 aliphatic rings. The Labute approximate surface area is 166 Å². The summed E-state index contributed by atoms with van der Waals surface area (Å²) in [6.07, 6.45) is 3.53. The van der Waals surface area contributed by atoms with Crippen LogP contribution in [0.4, 0.5) is 5.69 Å². The fourth-order valence-electron chi connectivity index (χ4n) is 5.77. The molecule has 0 bridgehead atoms. The Hall–Kier alpha value is -1.73. The van der Waals surface area contributed by atoms with Crippen molar-refractivity contribution < 1.29 is 14.4 Å². The highest BCUT2D eigenvalue weighted by molar-refractivity contribution is 9.10. The molecular formula is C20H22BrN3O3. The number of hydrogen-bond acceptors (Lipinski definition) is 4. The number of hydrogen-bond donors (Lipinski definition) is 1. The van der Waals surface area contributed by atoms with Gasteiger partial charge in [-0.2, -0.15) is 0 Å². The van der Waals surface area contributed by atoms with Crippen LogP contribution >= 0.6 is 15.9 Å². The molecule has 4 aliphatic heterocycles. The summed E-state index contributed by atoms with van der Waals surface area (Å²) in [4.78, 5) is 43.6. The molecule has 142 valence electrons. The van der Waals surface area contributed by atoms with Gasteiger partial charge in [-0.15, -0.1) is 0 Å². The maximum absolute atomic E-state index is 13.4. The normalized spacial score (nSPS) is 34.4. The highest BCUT2D eigenvalue weighted by atomic mass is 79.9. The van der Waals surface area contributed by atoms with Gasteiger partial charge in [0.1, 0.15) is 5.54 Å². The molecule has 0 saturated carbocycles. The van der Waals surface area contributed by atoms with Crippen molar-refractivity contribution in [1.29, 1.82) is 0 Å². The Morgan fingerprint density at radius 3 is 2.85 bits per heavy atom. The summed E-state index contributed by atoms with van der Waals surface area (Å²) >= 11 is 3.51. The van der Waals surface area contributed by atoms with Gasteiger partial charge in [0, 0.05) is 28.3 Å². The predicted molar refractivity (Wildman–Crippen MR) is 103 cm³/mol. The number of nitrogens with zero attached hydrogens (tertiary/aromatic N) is 2. The van der Waals surface area contributed by atoms with E-state index in [1.807, 2.05) is 25.1 Å². The lowest BCUT2D eigenvalue weighted by atomic mass is 9.75. The lowest BCUT2D eigenvalue weighted by molar-refractivity contribution is -0.145. The van der Waals surface area contributed by atoms with Crippen molar-refractivity contribution in [3.63, 3.8) is 0 Å². The van der Waals surface area contributed by atoms with Crippen LogP contribution in [0.25, 0.3) is 0 Å². The molecule has 1 N–H and O–H groups in total. The summed E-state index contributed by atoms with van der Waals surface area (Å²) in [5, 5.41) is 2.99. The van der Waals surface area contributed by atoms with Crippen molar-refractivity contribution in [2.75, 3.05) is 18.4 Å². The van der Waals surface area contributed by atoms with Crippen molar-refractivity contribution in [3.8, 4) is 0 Å². The van der Waals surface area contributed by atoms with Crippen molar-refractivity contribution in [2.24, 2.45) is 11.8 Å². The quantitative estimate of drug-likeness (QED) is 0.746. The molecule has 0 aromatic heterocycles. The Morgan fingerprint density at radius 2 is 2.07 bits per heavy atom. The molecule has 1 spiro atoms. The van der Waals surface area contributed by atoms with Crippen LogP contribution in [0.5, 0.6) is 0 Å². The number of halogens is 1. The molecule has 27 heavy (non-hydrogen) atoms. The summed E-state index contributed by atoms with van der Waals surface area (Å²) < 4.78 is 0.871. The van der Waals surface area contributed by atoms with Crippen LogP contribution in [0, 0.1) is 11.8 Å². The Morgan fingerprint density at radius 1 is 1.26 bits per heavy atom. The smallest absolute Gasteiger partial charge is 0.250 e. The third-order valence-electron chi connectivity index (χ3n) is 6.78. The molecule has 4 unspecified atom stereocenters. The molecule has 1 aromatic carbocycles. The zero-order chi connectivity index (χ0) is 18.9. The second kappa shape index (κ2) is 5.88. The predicted octanol–water partition coefficient (Wildman–Crippen LogP) is 2.48. The van der Waals surface area contributed by atoms with Gasteiger partial charge in [0.25, 0.3) is 0 Å². The van der Waals surface area contributed by atoms with Gasteiger partial charge in [0.05, 0.1) is 11.8 Å². The van der Waals surface area contributed by atoms with Gasteiger partial charge in [-0.05, 0) is 44.0 Å². The van der Waals surface area contributed by atoms with Crippen molar-refractivity contribution in [3.05, 3.63) is 28.2 Å². The minimum Gasteiger partial charge on any atom is -0.324 e. The summed E-state index contributed by atoms with van der Waals surface area (Å²) in [5.41, 5.74) is 0.528. The maximum atomic E-state index is 13.4. The van der Waals surface area contributed by atoms with E-state index in [1.54, 1.807) is 0 Å². The van der Waals surface area contributed by atoms with Crippen LogP contribution in [0.3, 0.4) is 0 Å². The molecular weight excluding hydrogens is 410 g/mol. The lowest BCUT2D eigenvalue weighted by Gasteiger charge is -2.36. The Balaban J connectivity index is 1.69. The van der Waals surface area contributed by atoms with E-state index >= 15 is 0 Å². The van der Waals surface area contributed by atoms with Crippen molar-refractivity contribution in [2.45, 2.75) is 44.2 Å². The zero-order valence-electron chi connectivity index (χ0n) is 15.2. The first-order chi connectivity index (χ1) is 13.0. The molecule has 3 amide bonds. The van der Waals surface area contributed by atoms with Crippen LogP contribution in [0.1, 0.15) is 38.2 Å². The highest BCUT2D eigenvalue weighted by Gasteiger charge is 2.74. The Kier molecular flexibility index (Phi) is 3.78. The second-order valence-corrected chi connectivity index (χ2v) is 8.91. The second-order valence-electron chi connectivity index (χ2n) is 8.00. The van der Waals surface area contributed by atoms with Gasteiger partial charge in [0.15, 0.2) is 0 Å². The summed E-state index contributed by atoms with van der Waals surface area (Å²) in [7, 11) is 0. The molecule has 0 radical (unpaired) electrons. The number of benzene rings is 1. The minimum atomic E-state index is -1.06. The van der Waals surface area contributed by atoms with E-state index in [-0.39, 0.29) is 23.8 Å². The number of fused-ring (bicyclic) bond motifs is 7. The van der Waals surface area contributed by atoms with Crippen LogP contribution < -0.4 is 5.32 Å². The summed E-state index contributed by atoms with van der Waals surface area (Å²) in [6.45, 7) is 3.24. The molecule has 3 saturated heterocycles. The van der Waals surface area contributed by atoms with Crippen LogP contribution in [0.15, 0.2) is 22.7 Å². The number of carbonyl (C=O) groups is 3. The highest BCUT2D eigenvalue weighted by Crippen LogP contribution is 2.60. The van der Waals surface area contributed by atoms with Crippen LogP contribution in [-0.4, -0.2) is 46.7 Å². The minimum absolute atomic E-state index is 0.0336. The number of rotatable bonds is 3. The third-order valence-corrected chi connectivity index (χ3v) is 7.27. The molecule has 4 heterocycles. The van der Waals surface area contributed by atoms with E-state index in [0.29, 0.717) is 6.54 Å². The number of likely N-dealkylation sites (tertiary alicyclic amines) is 1. The molecule has 5 rings (SSSR count). The number of amides is 3. The number of unbranched alkanes of at least 4 members (excludes halogenated alkanes) is 1. The van der Waals surface area contributed by atoms with Gasteiger partial charge in [-0.1, -0.05) is 29.3 Å². The molecule has 1 aromatic rings. The molecule has 4 atom stereocenters. The maximum Gasteiger partial charge on any atom is 0.250 e. The van der Waals surface area contributed by atoms with Gasteiger partial charge < -0.3 is 5.32 Å². The molecule has 7 heteroatoms. The first-order valence-corrected chi connectivity index (χ1v) is 10.5. The number of anilines is 1.